The largest absolute Gasteiger partial charge is 0.425 e. The lowest BCUT2D eigenvalue weighted by Gasteiger charge is -2.44. The zero-order valence-corrected chi connectivity index (χ0v) is 14.4. The summed E-state index contributed by atoms with van der Waals surface area (Å²) in [6.07, 6.45) is 5.24. The van der Waals surface area contributed by atoms with Crippen molar-refractivity contribution < 1.29 is 4.65 Å². The summed E-state index contributed by atoms with van der Waals surface area (Å²) >= 11 is 0. The fraction of sp³-hybridized carbons (Fsp3) is 1.00. The minimum Gasteiger partial charge on any atom is -0.425 e. The van der Waals surface area contributed by atoms with E-state index in [9.17, 15) is 0 Å². The maximum Gasteiger partial charge on any atom is 0.383 e. The van der Waals surface area contributed by atoms with Gasteiger partial charge in [0.05, 0.1) is 0 Å². The van der Waals surface area contributed by atoms with Crippen LogP contribution in [0.2, 0.25) is 38.3 Å². The fourth-order valence-corrected chi connectivity index (χ4v) is 13.5. The van der Waals surface area contributed by atoms with Crippen LogP contribution in [0.5, 0.6) is 0 Å². The molecule has 0 aromatic carbocycles. The summed E-state index contributed by atoms with van der Waals surface area (Å²) in [4.78, 5) is 0. The van der Waals surface area contributed by atoms with Gasteiger partial charge in [-0.2, -0.15) is 0 Å². The average molecular weight is 270 g/mol. The number of rotatable bonds is 5. The second-order valence-corrected chi connectivity index (χ2v) is 16.2. The Hall–Kier alpha value is 0.419. The highest BCUT2D eigenvalue weighted by molar-refractivity contribution is 6.96. The third-order valence-electron chi connectivity index (χ3n) is 3.93. The van der Waals surface area contributed by atoms with Gasteiger partial charge in [0.25, 0.3) is 0 Å². The molecule has 1 rings (SSSR count). The predicted molar refractivity (Wildman–Crippen MR) is 82.3 cm³/mol. The maximum atomic E-state index is 5.81. The molecule has 1 radical (unpaired) electrons. The summed E-state index contributed by atoms with van der Waals surface area (Å²) in [5.74, 6) is 0. The highest BCUT2D eigenvalue weighted by atomic mass is 28.4. The molecule has 0 N–H and O–H groups in total. The third-order valence-corrected chi connectivity index (χ3v) is 13.5. The zero-order valence-electron chi connectivity index (χ0n) is 12.4. The first-order chi connectivity index (χ1) is 7.90. The Kier molecular flexibility index (Phi) is 5.96. The Labute approximate surface area is 111 Å². The Morgan fingerprint density at radius 3 is 2.06 bits per heavy atom. The van der Waals surface area contributed by atoms with Gasteiger partial charge in [0.15, 0.2) is 0 Å². The lowest BCUT2D eigenvalue weighted by molar-refractivity contribution is 0.313. The molecule has 17 heavy (non-hydrogen) atoms. The molecule has 99 valence electrons. The lowest BCUT2D eigenvalue weighted by atomic mass is 10.3. The molecule has 0 bridgehead atoms. The molecule has 1 aliphatic rings. The molecule has 1 aliphatic heterocycles. The molecule has 5 heteroatoms. The second kappa shape index (κ2) is 6.55. The van der Waals surface area contributed by atoms with Crippen LogP contribution in [-0.4, -0.2) is 34.8 Å². The van der Waals surface area contributed by atoms with E-state index in [-0.39, 0.29) is 0 Å². The van der Waals surface area contributed by atoms with Crippen molar-refractivity contribution in [3.05, 3.63) is 0 Å². The van der Waals surface area contributed by atoms with Gasteiger partial charge in [-0.05, 0) is 18.5 Å². The molecule has 1 saturated heterocycles. The van der Waals surface area contributed by atoms with E-state index in [1.165, 1.54) is 37.8 Å². The van der Waals surface area contributed by atoms with Crippen LogP contribution in [0.4, 0.5) is 0 Å². The zero-order chi connectivity index (χ0) is 12.9. The van der Waals surface area contributed by atoms with Gasteiger partial charge in [-0.1, -0.05) is 52.4 Å². The van der Waals surface area contributed by atoms with Gasteiger partial charge in [-0.3, -0.25) is 0 Å². The number of hydrogen-bond acceptors (Lipinski definition) is 2. The number of nitrogens with zero attached hydrogens (tertiary/aromatic N) is 1. The Bertz CT molecular complexity index is 219. The van der Waals surface area contributed by atoms with Gasteiger partial charge in [0, 0.05) is 6.61 Å². The normalized spacial score (nSPS) is 24.3. The monoisotopic (exact) mass is 270 g/mol. The summed E-state index contributed by atoms with van der Waals surface area (Å²) in [5.41, 5.74) is 0. The van der Waals surface area contributed by atoms with Crippen LogP contribution < -0.4 is 0 Å². The molecule has 0 spiro atoms. The van der Waals surface area contributed by atoms with E-state index in [0.717, 1.165) is 6.61 Å². The van der Waals surface area contributed by atoms with E-state index in [0.29, 0.717) is 0 Å². The van der Waals surface area contributed by atoms with E-state index in [1.54, 1.807) is 0 Å². The van der Waals surface area contributed by atoms with Crippen molar-refractivity contribution in [1.82, 2.24) is 4.14 Å². The Morgan fingerprint density at radius 2 is 1.59 bits per heavy atom. The SMILES string of the molecule is CCCCO[B]N1[Si](C)(C)CCCC[Si]1(C)C. The smallest absolute Gasteiger partial charge is 0.383 e. The standard InChI is InChI=1S/C12H29BNOSi2/c1-6-7-10-15-13-14-16(2,3)11-8-9-12-17(14,4)5/h6-12H2,1-5H3. The summed E-state index contributed by atoms with van der Waals surface area (Å²) in [6.45, 7) is 13.1. The highest BCUT2D eigenvalue weighted by Crippen LogP contribution is 2.32. The van der Waals surface area contributed by atoms with Gasteiger partial charge >= 0.3 is 7.62 Å². The van der Waals surface area contributed by atoms with Gasteiger partial charge in [0.1, 0.15) is 16.5 Å². The summed E-state index contributed by atoms with van der Waals surface area (Å²) in [7, 11) is -0.378. The summed E-state index contributed by atoms with van der Waals surface area (Å²) in [5, 5.41) is 0. The van der Waals surface area contributed by atoms with Crippen LogP contribution in [0.3, 0.4) is 0 Å². The van der Waals surface area contributed by atoms with Crippen molar-refractivity contribution in [2.24, 2.45) is 0 Å². The minimum absolute atomic E-state index is 0.891. The van der Waals surface area contributed by atoms with Gasteiger partial charge in [-0.25, -0.2) is 0 Å². The maximum absolute atomic E-state index is 5.81. The van der Waals surface area contributed by atoms with Crippen LogP contribution in [0.1, 0.15) is 32.6 Å². The molecule has 1 heterocycles. The molecule has 0 unspecified atom stereocenters. The topological polar surface area (TPSA) is 12.5 Å². The van der Waals surface area contributed by atoms with Gasteiger partial charge in [-0.15, -0.1) is 0 Å². The van der Waals surface area contributed by atoms with Crippen molar-refractivity contribution >= 4 is 24.1 Å². The predicted octanol–water partition coefficient (Wildman–Crippen LogP) is 3.84. The fourth-order valence-electron chi connectivity index (χ4n) is 2.82. The molecule has 0 saturated carbocycles. The average Bonchev–Trinajstić information content (AvgIpc) is 2.32. The number of unbranched alkanes of at least 4 members (excludes halogenated alkanes) is 1. The number of hydrogen-bond donors (Lipinski definition) is 0. The minimum atomic E-state index is -1.25. The molecule has 0 amide bonds. The van der Waals surface area contributed by atoms with Crippen LogP contribution in [0.15, 0.2) is 0 Å². The molecule has 0 atom stereocenters. The first-order valence-corrected chi connectivity index (χ1v) is 13.5. The van der Waals surface area contributed by atoms with Crippen molar-refractivity contribution in [3.63, 3.8) is 0 Å². The van der Waals surface area contributed by atoms with E-state index in [2.05, 4.69) is 44.9 Å². The van der Waals surface area contributed by atoms with Crippen LogP contribution in [0, 0.1) is 0 Å². The Morgan fingerprint density at radius 1 is 1.06 bits per heavy atom. The molecule has 0 aromatic heterocycles. The van der Waals surface area contributed by atoms with E-state index < -0.39 is 16.5 Å². The molecule has 2 nitrogen and oxygen atoms in total. The summed E-state index contributed by atoms with van der Waals surface area (Å²) in [6, 6.07) is 2.86. The lowest BCUT2D eigenvalue weighted by Crippen LogP contribution is -2.62. The quantitative estimate of drug-likeness (QED) is 0.556. The van der Waals surface area contributed by atoms with Crippen LogP contribution >= 0.6 is 0 Å². The van der Waals surface area contributed by atoms with Crippen molar-refractivity contribution in [1.29, 1.82) is 0 Å². The molecule has 0 aliphatic carbocycles. The summed E-state index contributed by atoms with van der Waals surface area (Å²) < 4.78 is 8.54. The van der Waals surface area contributed by atoms with Crippen LogP contribution in [-0.2, 0) is 4.65 Å². The van der Waals surface area contributed by atoms with Gasteiger partial charge < -0.3 is 8.80 Å². The second-order valence-electron chi connectivity index (χ2n) is 6.53. The van der Waals surface area contributed by atoms with E-state index >= 15 is 0 Å². The molecule has 1 fully saturated rings. The first kappa shape index (κ1) is 15.5. The van der Waals surface area contributed by atoms with Crippen molar-refractivity contribution in [2.45, 2.75) is 70.9 Å². The van der Waals surface area contributed by atoms with E-state index in [1.807, 2.05) is 0 Å². The first-order valence-electron chi connectivity index (χ1n) is 7.14. The Balaban J connectivity index is 2.60. The van der Waals surface area contributed by atoms with Gasteiger partial charge in [0.2, 0.25) is 0 Å². The van der Waals surface area contributed by atoms with Crippen LogP contribution in [0.25, 0.3) is 0 Å². The third kappa shape index (κ3) is 4.54. The highest BCUT2D eigenvalue weighted by Gasteiger charge is 2.42. The van der Waals surface area contributed by atoms with Crippen molar-refractivity contribution in [2.75, 3.05) is 6.61 Å². The molecular weight excluding hydrogens is 241 g/mol. The van der Waals surface area contributed by atoms with E-state index in [4.69, 9.17) is 4.65 Å². The molecule has 0 aromatic rings. The van der Waals surface area contributed by atoms with Crippen molar-refractivity contribution in [3.8, 4) is 0 Å². The molecular formula is C12H29BNOSi2.